The number of phenols is 1. The topological polar surface area (TPSA) is 69.6 Å². The summed E-state index contributed by atoms with van der Waals surface area (Å²) in [4.78, 5) is 10.2. The molecule has 0 saturated carbocycles. The van der Waals surface area contributed by atoms with Crippen molar-refractivity contribution < 1.29 is 19.4 Å². The van der Waals surface area contributed by atoms with E-state index < -0.39 is 23.3 Å². The van der Waals surface area contributed by atoms with Crippen molar-refractivity contribution in [2.45, 2.75) is 0 Å². The molecule has 13 heavy (non-hydrogen) atoms. The summed E-state index contributed by atoms with van der Waals surface area (Å²) < 4.78 is 13.4. The van der Waals surface area contributed by atoms with Gasteiger partial charge in [-0.15, -0.1) is 0 Å². The molecule has 1 amide bonds. The van der Waals surface area contributed by atoms with Gasteiger partial charge in [0.2, 0.25) is 0 Å². The van der Waals surface area contributed by atoms with E-state index in [0.29, 0.717) is 0 Å². The summed E-state index contributed by atoms with van der Waals surface area (Å²) in [7, 11) is 0. The number of nitrogens with one attached hydrogen (secondary N) is 1. The lowest BCUT2D eigenvalue weighted by atomic mass is 10.3. The number of carbonyl (C=O) groups is 1. The second-order valence-corrected chi connectivity index (χ2v) is 3.35. The number of rotatable bonds is 1. The lowest BCUT2D eigenvalue weighted by molar-refractivity contribution is 0.209. The van der Waals surface area contributed by atoms with Crippen molar-refractivity contribution in [2.24, 2.45) is 0 Å². The molecule has 0 radical (unpaired) electrons. The fraction of sp³-hybridized carbons (Fsp3) is 0. The summed E-state index contributed by atoms with van der Waals surface area (Å²) in [5.74, 6) is -1.21. The quantitative estimate of drug-likeness (QED) is 0.550. The molecule has 1 rings (SSSR count). The van der Waals surface area contributed by atoms with Crippen molar-refractivity contribution in [3.63, 3.8) is 0 Å². The van der Waals surface area contributed by atoms with Crippen LogP contribution in [-0.4, -0.2) is 16.3 Å². The molecule has 0 atom stereocenters. The summed E-state index contributed by atoms with van der Waals surface area (Å²) in [5.41, 5.74) is -0.417. The second kappa shape index (κ2) is 3.77. The van der Waals surface area contributed by atoms with Crippen molar-refractivity contribution in [1.29, 1.82) is 0 Å². The zero-order chi connectivity index (χ0) is 10.0. The first-order chi connectivity index (χ1) is 6.02. The first-order valence-electron chi connectivity index (χ1n) is 3.19. The molecule has 70 valence electrons. The SMILES string of the molecule is O=C(O)Nc1c(O)ccc(I)c1F. The lowest BCUT2D eigenvalue weighted by Crippen LogP contribution is -2.09. The highest BCUT2D eigenvalue weighted by Crippen LogP contribution is 2.29. The highest BCUT2D eigenvalue weighted by atomic mass is 127. The minimum atomic E-state index is -1.42. The maximum absolute atomic E-state index is 13.1. The third-order valence-electron chi connectivity index (χ3n) is 1.30. The zero-order valence-electron chi connectivity index (χ0n) is 6.21. The number of phenolic OH excluding ortho intramolecular Hbond substituents is 1. The van der Waals surface area contributed by atoms with Crippen molar-refractivity contribution in [3.8, 4) is 5.75 Å². The number of hydrogen-bond acceptors (Lipinski definition) is 2. The van der Waals surface area contributed by atoms with Crippen LogP contribution < -0.4 is 5.32 Å². The number of amides is 1. The molecule has 0 bridgehead atoms. The molecule has 0 aliphatic carbocycles. The van der Waals surface area contributed by atoms with E-state index in [2.05, 4.69) is 0 Å². The van der Waals surface area contributed by atoms with Gasteiger partial charge in [0.25, 0.3) is 0 Å². The van der Waals surface area contributed by atoms with E-state index in [4.69, 9.17) is 10.2 Å². The molecule has 6 heteroatoms. The Hall–Kier alpha value is -1.05. The molecule has 1 aromatic carbocycles. The van der Waals surface area contributed by atoms with Gasteiger partial charge in [0.15, 0.2) is 5.82 Å². The fourth-order valence-electron chi connectivity index (χ4n) is 0.766. The van der Waals surface area contributed by atoms with E-state index in [1.54, 1.807) is 27.9 Å². The molecule has 0 heterocycles. The normalized spacial score (nSPS) is 9.69. The van der Waals surface area contributed by atoms with Crippen LogP contribution in [0.1, 0.15) is 0 Å². The van der Waals surface area contributed by atoms with Crippen LogP contribution in [0.5, 0.6) is 5.75 Å². The molecule has 0 saturated heterocycles. The first kappa shape index (κ1) is 10.0. The molecule has 4 nitrogen and oxygen atoms in total. The van der Waals surface area contributed by atoms with Crippen molar-refractivity contribution in [1.82, 2.24) is 0 Å². The predicted octanol–water partition coefficient (Wildman–Crippen LogP) is 2.23. The maximum Gasteiger partial charge on any atom is 0.409 e. The van der Waals surface area contributed by atoms with E-state index >= 15 is 0 Å². The Kier molecular flexibility index (Phi) is 2.91. The van der Waals surface area contributed by atoms with E-state index in [9.17, 15) is 9.18 Å². The average molecular weight is 297 g/mol. The van der Waals surface area contributed by atoms with E-state index in [1.807, 2.05) is 0 Å². The fourth-order valence-corrected chi connectivity index (χ4v) is 1.22. The van der Waals surface area contributed by atoms with Crippen LogP contribution in [-0.2, 0) is 0 Å². The zero-order valence-corrected chi connectivity index (χ0v) is 8.37. The predicted molar refractivity (Wildman–Crippen MR) is 52.4 cm³/mol. The number of anilines is 1. The summed E-state index contributed by atoms with van der Waals surface area (Å²) >= 11 is 1.69. The van der Waals surface area contributed by atoms with Gasteiger partial charge in [-0.2, -0.15) is 0 Å². The Bertz CT molecular complexity index is 356. The van der Waals surface area contributed by atoms with Gasteiger partial charge >= 0.3 is 6.09 Å². The van der Waals surface area contributed by atoms with Gasteiger partial charge in [-0.25, -0.2) is 9.18 Å². The largest absolute Gasteiger partial charge is 0.506 e. The summed E-state index contributed by atoms with van der Waals surface area (Å²) in [6.45, 7) is 0. The van der Waals surface area contributed by atoms with Crippen molar-refractivity contribution in [2.75, 3.05) is 5.32 Å². The molecule has 3 N–H and O–H groups in total. The third-order valence-corrected chi connectivity index (χ3v) is 2.14. The Morgan fingerprint density at radius 3 is 2.69 bits per heavy atom. The van der Waals surface area contributed by atoms with Gasteiger partial charge < -0.3 is 10.2 Å². The number of benzene rings is 1. The van der Waals surface area contributed by atoms with Gasteiger partial charge in [0.05, 0.1) is 3.57 Å². The molecular formula is C7H5FINO3. The minimum Gasteiger partial charge on any atom is -0.506 e. The Labute approximate surface area is 86.5 Å². The summed E-state index contributed by atoms with van der Waals surface area (Å²) in [6.07, 6.45) is -1.42. The molecular weight excluding hydrogens is 292 g/mol. The van der Waals surface area contributed by atoms with Crippen LogP contribution in [0, 0.1) is 9.39 Å². The second-order valence-electron chi connectivity index (χ2n) is 2.19. The molecule has 0 aromatic heterocycles. The van der Waals surface area contributed by atoms with Crippen molar-refractivity contribution in [3.05, 3.63) is 21.5 Å². The van der Waals surface area contributed by atoms with Crippen LogP contribution in [0.3, 0.4) is 0 Å². The molecule has 0 unspecified atom stereocenters. The number of aromatic hydroxyl groups is 1. The van der Waals surface area contributed by atoms with E-state index in [1.165, 1.54) is 12.1 Å². The molecule has 0 aliphatic rings. The van der Waals surface area contributed by atoms with Gasteiger partial charge in [-0.3, -0.25) is 5.32 Å². The highest BCUT2D eigenvalue weighted by molar-refractivity contribution is 14.1. The third kappa shape index (κ3) is 2.20. The van der Waals surface area contributed by atoms with Gasteiger partial charge in [-0.1, -0.05) is 0 Å². The Morgan fingerprint density at radius 1 is 1.54 bits per heavy atom. The van der Waals surface area contributed by atoms with Crippen LogP contribution in [0.2, 0.25) is 0 Å². The van der Waals surface area contributed by atoms with E-state index in [0.717, 1.165) is 0 Å². The van der Waals surface area contributed by atoms with Crippen LogP contribution in [0.15, 0.2) is 12.1 Å². The summed E-state index contributed by atoms with van der Waals surface area (Å²) in [5, 5.41) is 19.2. The lowest BCUT2D eigenvalue weighted by Gasteiger charge is -2.05. The Balaban J connectivity index is 3.17. The highest BCUT2D eigenvalue weighted by Gasteiger charge is 2.13. The smallest absolute Gasteiger partial charge is 0.409 e. The first-order valence-corrected chi connectivity index (χ1v) is 4.27. The summed E-state index contributed by atoms with van der Waals surface area (Å²) in [6, 6.07) is 2.56. The van der Waals surface area contributed by atoms with E-state index in [-0.39, 0.29) is 3.57 Å². The monoisotopic (exact) mass is 297 g/mol. The number of halogens is 2. The van der Waals surface area contributed by atoms with Crippen LogP contribution >= 0.6 is 22.6 Å². The van der Waals surface area contributed by atoms with Crippen LogP contribution in [0.4, 0.5) is 14.9 Å². The standard InChI is InChI=1S/C7H5FINO3/c8-5-3(9)1-2-4(11)6(5)10-7(12)13/h1-2,10-11H,(H,12,13). The Morgan fingerprint density at radius 2 is 2.15 bits per heavy atom. The number of hydrogen-bond donors (Lipinski definition) is 3. The maximum atomic E-state index is 13.1. The van der Waals surface area contributed by atoms with Gasteiger partial charge in [0.1, 0.15) is 11.4 Å². The molecule has 1 aromatic rings. The minimum absolute atomic E-state index is 0.235. The molecule has 0 aliphatic heterocycles. The van der Waals surface area contributed by atoms with Gasteiger partial charge in [-0.05, 0) is 34.7 Å². The number of carboxylic acid groups (broad SMARTS) is 1. The average Bonchev–Trinajstić information content (AvgIpc) is 2.05. The molecule has 0 spiro atoms. The van der Waals surface area contributed by atoms with Crippen LogP contribution in [0.25, 0.3) is 0 Å². The molecule has 0 fully saturated rings. The van der Waals surface area contributed by atoms with Gasteiger partial charge in [0, 0.05) is 0 Å². The van der Waals surface area contributed by atoms with Crippen molar-refractivity contribution >= 4 is 34.4 Å².